The lowest BCUT2D eigenvalue weighted by Crippen LogP contribution is -2.60. The number of aliphatic hydroxyl groups excluding tert-OH is 4. The van der Waals surface area contributed by atoms with E-state index in [4.69, 9.17) is 14.6 Å². The smallest absolute Gasteiger partial charge is 0.229 e. The lowest BCUT2D eigenvalue weighted by molar-refractivity contribution is -0.277. The Hall–Kier alpha value is -1.25. The van der Waals surface area contributed by atoms with E-state index in [0.29, 0.717) is 0 Å². The predicted octanol–water partition coefficient (Wildman–Crippen LogP) is -0.996. The highest BCUT2D eigenvalue weighted by Crippen LogP contribution is 2.24. The summed E-state index contributed by atoms with van der Waals surface area (Å²) in [5.74, 6) is -0.216. The van der Waals surface area contributed by atoms with Gasteiger partial charge in [0.05, 0.1) is 6.61 Å². The highest BCUT2D eigenvalue weighted by molar-refractivity contribution is 5.22. The molecule has 1 fully saturated rings. The zero-order chi connectivity index (χ0) is 14.0. The van der Waals surface area contributed by atoms with Crippen molar-refractivity contribution < 1.29 is 34.3 Å². The number of halogens is 1. The summed E-state index contributed by atoms with van der Waals surface area (Å²) < 4.78 is 23.1. The molecule has 0 unspecified atom stereocenters. The van der Waals surface area contributed by atoms with Gasteiger partial charge in [-0.25, -0.2) is 4.39 Å². The Bertz CT molecular complexity index is 409. The fourth-order valence-corrected chi connectivity index (χ4v) is 1.81. The molecule has 1 saturated heterocycles. The van der Waals surface area contributed by atoms with Crippen molar-refractivity contribution in [3.8, 4) is 5.75 Å². The summed E-state index contributed by atoms with van der Waals surface area (Å²) in [7, 11) is 0. The molecule has 0 spiro atoms. The number of rotatable bonds is 3. The topological polar surface area (TPSA) is 99.4 Å². The summed E-state index contributed by atoms with van der Waals surface area (Å²) in [6, 6.07) is 4.99. The second kappa shape index (κ2) is 5.81. The van der Waals surface area contributed by atoms with E-state index in [0.717, 1.165) is 0 Å². The van der Waals surface area contributed by atoms with Gasteiger partial charge < -0.3 is 29.9 Å². The number of hydrogen-bond acceptors (Lipinski definition) is 6. The molecule has 1 aromatic rings. The molecule has 19 heavy (non-hydrogen) atoms. The largest absolute Gasteiger partial charge is 0.462 e. The Morgan fingerprint density at radius 1 is 1.05 bits per heavy atom. The van der Waals surface area contributed by atoms with Gasteiger partial charge in [-0.3, -0.25) is 0 Å². The maximum absolute atomic E-state index is 12.7. The Labute approximate surface area is 108 Å². The fourth-order valence-electron chi connectivity index (χ4n) is 1.81. The molecule has 5 atom stereocenters. The van der Waals surface area contributed by atoms with Crippen LogP contribution in [0, 0.1) is 5.82 Å². The van der Waals surface area contributed by atoms with Crippen LogP contribution in [-0.2, 0) is 4.74 Å². The quantitative estimate of drug-likeness (QED) is 0.564. The molecular weight excluding hydrogens is 259 g/mol. The molecule has 0 aromatic heterocycles. The monoisotopic (exact) mass is 274 g/mol. The second-order valence-corrected chi connectivity index (χ2v) is 4.27. The van der Waals surface area contributed by atoms with Gasteiger partial charge in [0.2, 0.25) is 6.29 Å². The third-order valence-corrected chi connectivity index (χ3v) is 2.91. The molecule has 0 amide bonds. The molecule has 106 valence electrons. The van der Waals surface area contributed by atoms with E-state index in [-0.39, 0.29) is 5.75 Å². The van der Waals surface area contributed by atoms with Crippen molar-refractivity contribution in [3.05, 3.63) is 30.1 Å². The van der Waals surface area contributed by atoms with Gasteiger partial charge in [-0.1, -0.05) is 0 Å². The minimum absolute atomic E-state index is 0.228. The van der Waals surface area contributed by atoms with E-state index in [1.165, 1.54) is 24.3 Å². The maximum Gasteiger partial charge on any atom is 0.229 e. The summed E-state index contributed by atoms with van der Waals surface area (Å²) in [5.41, 5.74) is 0. The molecule has 6 nitrogen and oxygen atoms in total. The molecule has 1 aliphatic rings. The van der Waals surface area contributed by atoms with Crippen LogP contribution in [0.3, 0.4) is 0 Å². The summed E-state index contributed by atoms with van der Waals surface area (Å²) in [5, 5.41) is 37.9. The number of benzene rings is 1. The Balaban J connectivity index is 2.08. The lowest BCUT2D eigenvalue weighted by atomic mass is 9.99. The molecule has 1 aliphatic heterocycles. The van der Waals surface area contributed by atoms with Crippen molar-refractivity contribution in [2.75, 3.05) is 6.61 Å². The van der Waals surface area contributed by atoms with E-state index >= 15 is 0 Å². The average molecular weight is 274 g/mol. The van der Waals surface area contributed by atoms with E-state index in [1.54, 1.807) is 0 Å². The molecule has 1 aromatic carbocycles. The first-order valence-corrected chi connectivity index (χ1v) is 5.75. The van der Waals surface area contributed by atoms with Crippen molar-refractivity contribution in [2.45, 2.75) is 30.7 Å². The molecule has 0 aliphatic carbocycles. The maximum atomic E-state index is 12.7. The van der Waals surface area contributed by atoms with Gasteiger partial charge in [-0.05, 0) is 24.3 Å². The third kappa shape index (κ3) is 3.02. The normalized spacial score (nSPS) is 35.1. The predicted molar refractivity (Wildman–Crippen MR) is 60.8 cm³/mol. The van der Waals surface area contributed by atoms with E-state index in [1.807, 2.05) is 0 Å². The molecule has 0 bridgehead atoms. The van der Waals surface area contributed by atoms with Gasteiger partial charge in [-0.2, -0.15) is 0 Å². The zero-order valence-electron chi connectivity index (χ0n) is 9.89. The van der Waals surface area contributed by atoms with Crippen molar-refractivity contribution in [2.24, 2.45) is 0 Å². The molecule has 4 N–H and O–H groups in total. The van der Waals surface area contributed by atoms with E-state index in [2.05, 4.69) is 0 Å². The summed E-state index contributed by atoms with van der Waals surface area (Å²) in [6.07, 6.45) is -6.72. The standard InChI is InChI=1S/C12H15FO6/c13-6-1-3-7(4-2-6)18-12-11(17)10(16)9(15)8(5-14)19-12/h1-4,8-12,14-17H,5H2/t8-,9-,10+,11-,12-/m1/s1. The molecule has 0 radical (unpaired) electrons. The molecular formula is C12H15FO6. The van der Waals surface area contributed by atoms with Crippen LogP contribution >= 0.6 is 0 Å². The molecule has 1 heterocycles. The van der Waals surface area contributed by atoms with Gasteiger partial charge in [0, 0.05) is 0 Å². The molecule has 0 saturated carbocycles. The van der Waals surface area contributed by atoms with Gasteiger partial charge >= 0.3 is 0 Å². The van der Waals surface area contributed by atoms with Crippen LogP contribution in [-0.4, -0.2) is 57.7 Å². The van der Waals surface area contributed by atoms with Crippen molar-refractivity contribution >= 4 is 0 Å². The van der Waals surface area contributed by atoms with Crippen LogP contribution in [0.2, 0.25) is 0 Å². The van der Waals surface area contributed by atoms with Crippen LogP contribution in [0.5, 0.6) is 5.75 Å². The van der Waals surface area contributed by atoms with Gasteiger partial charge in [0.15, 0.2) is 0 Å². The van der Waals surface area contributed by atoms with Crippen LogP contribution in [0.1, 0.15) is 0 Å². The first kappa shape index (κ1) is 14.2. The first-order chi connectivity index (χ1) is 9.02. The summed E-state index contributed by atoms with van der Waals surface area (Å²) >= 11 is 0. The zero-order valence-corrected chi connectivity index (χ0v) is 9.89. The summed E-state index contributed by atoms with van der Waals surface area (Å²) in [6.45, 7) is -0.534. The fraction of sp³-hybridized carbons (Fsp3) is 0.500. The van der Waals surface area contributed by atoms with Crippen molar-refractivity contribution in [1.82, 2.24) is 0 Å². The highest BCUT2D eigenvalue weighted by atomic mass is 19.1. The van der Waals surface area contributed by atoms with Crippen LogP contribution < -0.4 is 4.74 Å². The minimum atomic E-state index is -1.50. The van der Waals surface area contributed by atoms with Gasteiger partial charge in [0.25, 0.3) is 0 Å². The first-order valence-electron chi connectivity index (χ1n) is 5.75. The van der Waals surface area contributed by atoms with Crippen molar-refractivity contribution in [1.29, 1.82) is 0 Å². The molecule has 2 rings (SSSR count). The highest BCUT2D eigenvalue weighted by Gasteiger charge is 2.44. The van der Waals surface area contributed by atoms with Gasteiger partial charge in [-0.15, -0.1) is 0 Å². The minimum Gasteiger partial charge on any atom is -0.462 e. The number of ether oxygens (including phenoxy) is 2. The SMILES string of the molecule is OC[C@H]1O[C@@H](Oc2ccc(F)cc2)[C@H](O)[C@@H](O)[C@@H]1O. The van der Waals surface area contributed by atoms with Gasteiger partial charge in [0.1, 0.15) is 36.0 Å². The number of hydrogen-bond donors (Lipinski definition) is 4. The Morgan fingerprint density at radius 3 is 2.26 bits per heavy atom. The Kier molecular flexibility index (Phi) is 4.33. The second-order valence-electron chi connectivity index (χ2n) is 4.27. The lowest BCUT2D eigenvalue weighted by Gasteiger charge is -2.39. The average Bonchev–Trinajstić information content (AvgIpc) is 2.42. The Morgan fingerprint density at radius 2 is 1.68 bits per heavy atom. The molecule has 7 heteroatoms. The summed E-state index contributed by atoms with van der Waals surface area (Å²) in [4.78, 5) is 0. The third-order valence-electron chi connectivity index (χ3n) is 2.91. The number of aliphatic hydroxyl groups is 4. The van der Waals surface area contributed by atoms with Crippen molar-refractivity contribution in [3.63, 3.8) is 0 Å². The van der Waals surface area contributed by atoms with Crippen LogP contribution in [0.15, 0.2) is 24.3 Å². The van der Waals surface area contributed by atoms with Crippen LogP contribution in [0.4, 0.5) is 4.39 Å². The van der Waals surface area contributed by atoms with E-state index < -0.39 is 43.1 Å². The van der Waals surface area contributed by atoms with E-state index in [9.17, 15) is 19.7 Å². The van der Waals surface area contributed by atoms with Crippen LogP contribution in [0.25, 0.3) is 0 Å².